The Morgan fingerprint density at radius 3 is 2.52 bits per heavy atom. The van der Waals surface area contributed by atoms with Gasteiger partial charge in [0, 0.05) is 5.41 Å². The van der Waals surface area contributed by atoms with E-state index in [1.807, 2.05) is 6.92 Å². The molecule has 0 aliphatic heterocycles. The molecule has 29 heavy (non-hydrogen) atoms. The number of hydrogen-bond acceptors (Lipinski definition) is 4. The van der Waals surface area contributed by atoms with Crippen LogP contribution in [0, 0.1) is 40.9 Å². The molecule has 0 aromatic heterocycles. The van der Waals surface area contributed by atoms with Gasteiger partial charge in [-0.2, -0.15) is 0 Å². The summed E-state index contributed by atoms with van der Waals surface area (Å²) in [6.45, 7) is 6.48. The number of rotatable bonds is 4. The Hall–Kier alpha value is -0.900. The van der Waals surface area contributed by atoms with E-state index in [9.17, 15) is 14.7 Å². The minimum absolute atomic E-state index is 0.161. The van der Waals surface area contributed by atoms with Gasteiger partial charge < -0.3 is 9.84 Å². The Bertz CT molecular complexity index is 645. The fraction of sp³-hybridized carbons (Fsp3) is 0.920. The summed E-state index contributed by atoms with van der Waals surface area (Å²) in [5, 5.41) is 11.0. The molecule has 0 aromatic rings. The van der Waals surface area contributed by atoms with Gasteiger partial charge in [0.15, 0.2) is 5.78 Å². The largest absolute Gasteiger partial charge is 0.465 e. The first-order valence-electron chi connectivity index (χ1n) is 12.3. The van der Waals surface area contributed by atoms with Crippen molar-refractivity contribution < 1.29 is 19.4 Å². The second-order valence-electron chi connectivity index (χ2n) is 10.9. The number of ketones is 1. The highest BCUT2D eigenvalue weighted by atomic mass is 16.5. The number of fused-ring (bicyclic) bond motifs is 5. The van der Waals surface area contributed by atoms with Crippen LogP contribution in [0.5, 0.6) is 0 Å². The Labute approximate surface area is 176 Å². The van der Waals surface area contributed by atoms with Crippen molar-refractivity contribution in [3.05, 3.63) is 0 Å². The highest BCUT2D eigenvalue weighted by Gasteiger charge is 2.59. The topological polar surface area (TPSA) is 63.6 Å². The highest BCUT2D eigenvalue weighted by molar-refractivity contribution is 6.02. The molecule has 0 heterocycles. The number of aliphatic hydroxyl groups is 1. The predicted molar refractivity (Wildman–Crippen MR) is 112 cm³/mol. The average Bonchev–Trinajstić information content (AvgIpc) is 2.68. The van der Waals surface area contributed by atoms with Crippen LogP contribution in [0.3, 0.4) is 0 Å². The SMILES string of the molecule is CCC[C@@]1(O)CC[C@H]2[C@@H](CC[C@@H]3[C@@H]2CC[C@]2(C)C(=O)C(C(=O)OCC)CC[C@@H]32)C1. The van der Waals surface area contributed by atoms with Gasteiger partial charge in [0.25, 0.3) is 0 Å². The number of esters is 1. The Morgan fingerprint density at radius 2 is 1.79 bits per heavy atom. The maximum Gasteiger partial charge on any atom is 0.316 e. The van der Waals surface area contributed by atoms with Crippen LogP contribution in [0.25, 0.3) is 0 Å². The first kappa shape index (κ1) is 21.3. The van der Waals surface area contributed by atoms with E-state index in [0.29, 0.717) is 36.7 Å². The van der Waals surface area contributed by atoms with Gasteiger partial charge in [-0.25, -0.2) is 0 Å². The van der Waals surface area contributed by atoms with Gasteiger partial charge in [0.05, 0.1) is 12.2 Å². The molecule has 8 atom stereocenters. The van der Waals surface area contributed by atoms with Gasteiger partial charge in [-0.15, -0.1) is 0 Å². The van der Waals surface area contributed by atoms with Crippen molar-refractivity contribution in [1.29, 1.82) is 0 Å². The summed E-state index contributed by atoms with van der Waals surface area (Å²) in [5.74, 6) is 2.48. The standard InChI is InChI=1S/C25H40O4/c1-4-12-25(28)14-11-17-16(15-25)6-7-19-18(17)10-13-24(3)21(19)9-8-20(22(24)26)23(27)29-5-2/h16-21,28H,4-15H2,1-3H3/t16-,17-,18+,19+,20?,21-,24-,25+/m0/s1. The molecule has 4 fully saturated rings. The van der Waals surface area contributed by atoms with E-state index in [1.54, 1.807) is 0 Å². The quantitative estimate of drug-likeness (QED) is 0.534. The maximum atomic E-state index is 13.4. The summed E-state index contributed by atoms with van der Waals surface area (Å²) in [5.41, 5.74) is -0.777. The molecular formula is C25H40O4. The molecule has 164 valence electrons. The van der Waals surface area contributed by atoms with Crippen molar-refractivity contribution >= 4 is 11.8 Å². The molecule has 4 heteroatoms. The van der Waals surface area contributed by atoms with Gasteiger partial charge in [-0.05, 0) is 101 Å². The molecule has 0 bridgehead atoms. The average molecular weight is 405 g/mol. The van der Waals surface area contributed by atoms with Gasteiger partial charge in [0.2, 0.25) is 0 Å². The fourth-order valence-electron chi connectivity index (χ4n) is 8.16. The van der Waals surface area contributed by atoms with Crippen molar-refractivity contribution in [2.75, 3.05) is 6.61 Å². The van der Waals surface area contributed by atoms with Crippen LogP contribution in [0.2, 0.25) is 0 Å². The summed E-state index contributed by atoms with van der Waals surface area (Å²) < 4.78 is 5.21. The van der Waals surface area contributed by atoms with Crippen LogP contribution in [-0.2, 0) is 14.3 Å². The van der Waals surface area contributed by atoms with Crippen molar-refractivity contribution in [3.63, 3.8) is 0 Å². The Balaban J connectivity index is 1.49. The van der Waals surface area contributed by atoms with Crippen molar-refractivity contribution in [1.82, 2.24) is 0 Å². The highest BCUT2D eigenvalue weighted by Crippen LogP contribution is 2.61. The second-order valence-corrected chi connectivity index (χ2v) is 10.9. The maximum absolute atomic E-state index is 13.4. The summed E-state index contributed by atoms with van der Waals surface area (Å²) in [4.78, 5) is 25.7. The lowest BCUT2D eigenvalue weighted by Crippen LogP contribution is -2.56. The zero-order chi connectivity index (χ0) is 20.8. The molecule has 4 saturated carbocycles. The van der Waals surface area contributed by atoms with E-state index in [0.717, 1.165) is 57.3 Å². The van der Waals surface area contributed by atoms with E-state index < -0.39 is 11.5 Å². The number of carbonyl (C=O) groups excluding carboxylic acids is 2. The van der Waals surface area contributed by atoms with Gasteiger partial charge >= 0.3 is 5.97 Å². The zero-order valence-electron chi connectivity index (χ0n) is 18.6. The predicted octanol–water partition coefficient (Wildman–Crippen LogP) is 4.92. The third-order valence-corrected chi connectivity index (χ3v) is 9.43. The molecule has 1 unspecified atom stereocenters. The molecular weight excluding hydrogens is 364 g/mol. The summed E-state index contributed by atoms with van der Waals surface area (Å²) in [7, 11) is 0. The van der Waals surface area contributed by atoms with Gasteiger partial charge in [-0.1, -0.05) is 20.3 Å². The minimum atomic E-state index is -0.539. The Kier molecular flexibility index (Phi) is 5.87. The lowest BCUT2D eigenvalue weighted by atomic mass is 9.45. The number of hydrogen-bond donors (Lipinski definition) is 1. The van der Waals surface area contributed by atoms with E-state index >= 15 is 0 Å². The van der Waals surface area contributed by atoms with Gasteiger partial charge in [-0.3, -0.25) is 9.59 Å². The molecule has 0 saturated heterocycles. The smallest absolute Gasteiger partial charge is 0.316 e. The number of ether oxygens (including phenoxy) is 1. The molecule has 0 radical (unpaired) electrons. The lowest BCUT2D eigenvalue weighted by molar-refractivity contribution is -0.167. The van der Waals surface area contributed by atoms with Crippen molar-refractivity contribution in [2.45, 2.75) is 97.0 Å². The lowest BCUT2D eigenvalue weighted by Gasteiger charge is -2.59. The molecule has 0 amide bonds. The summed E-state index contributed by atoms with van der Waals surface area (Å²) in [6.07, 6.45) is 11.2. The van der Waals surface area contributed by atoms with Gasteiger partial charge in [0.1, 0.15) is 5.92 Å². The summed E-state index contributed by atoms with van der Waals surface area (Å²) >= 11 is 0. The van der Waals surface area contributed by atoms with Crippen LogP contribution < -0.4 is 0 Å². The molecule has 4 nitrogen and oxygen atoms in total. The fourth-order valence-corrected chi connectivity index (χ4v) is 8.16. The van der Waals surface area contributed by atoms with Crippen LogP contribution in [0.15, 0.2) is 0 Å². The molecule has 4 aliphatic carbocycles. The van der Waals surface area contributed by atoms with Crippen LogP contribution >= 0.6 is 0 Å². The first-order valence-corrected chi connectivity index (χ1v) is 12.3. The third-order valence-electron chi connectivity index (χ3n) is 9.43. The van der Waals surface area contributed by atoms with Crippen molar-refractivity contribution in [3.8, 4) is 0 Å². The third kappa shape index (κ3) is 3.58. The summed E-state index contributed by atoms with van der Waals surface area (Å²) in [6, 6.07) is 0. The normalized spacial score (nSPS) is 47.0. The molecule has 1 N–H and O–H groups in total. The molecule has 4 aliphatic rings. The first-order chi connectivity index (χ1) is 13.8. The van der Waals surface area contributed by atoms with E-state index in [1.165, 1.54) is 12.8 Å². The van der Waals surface area contributed by atoms with Crippen LogP contribution in [-0.4, -0.2) is 29.1 Å². The van der Waals surface area contributed by atoms with Crippen LogP contribution in [0.4, 0.5) is 0 Å². The van der Waals surface area contributed by atoms with E-state index in [2.05, 4.69) is 13.8 Å². The number of Topliss-reactive ketones (excluding diaryl/α,β-unsaturated/α-hetero) is 1. The monoisotopic (exact) mass is 404 g/mol. The number of carbonyl (C=O) groups is 2. The minimum Gasteiger partial charge on any atom is -0.465 e. The molecule has 4 rings (SSSR count). The van der Waals surface area contributed by atoms with E-state index in [-0.39, 0.29) is 17.2 Å². The molecule has 0 spiro atoms. The Morgan fingerprint density at radius 1 is 1.03 bits per heavy atom. The second kappa shape index (κ2) is 7.98. The molecule has 0 aromatic carbocycles. The van der Waals surface area contributed by atoms with E-state index in [4.69, 9.17) is 4.74 Å². The van der Waals surface area contributed by atoms with Crippen LogP contribution in [0.1, 0.15) is 91.4 Å². The van der Waals surface area contributed by atoms with Crippen molar-refractivity contribution in [2.24, 2.45) is 40.9 Å². The zero-order valence-corrected chi connectivity index (χ0v) is 18.6.